The summed E-state index contributed by atoms with van der Waals surface area (Å²) in [5.74, 6) is -2.19. The SMILES string of the molecule is C[C@@]1(C2=CC(O)=CCC2)C(N)=N[C@](C)(c2cc(F)ccc2F)CS1(=O)=O. The van der Waals surface area contributed by atoms with Crippen molar-refractivity contribution in [2.75, 3.05) is 5.75 Å². The molecular formula is C18H20F2N2O3S. The van der Waals surface area contributed by atoms with Gasteiger partial charge in [-0.1, -0.05) is 0 Å². The molecule has 0 bridgehead atoms. The number of benzene rings is 1. The molecule has 1 heterocycles. The maximum Gasteiger partial charge on any atom is 0.169 e. The fraction of sp³-hybridized carbons (Fsp3) is 0.389. The second-order valence-electron chi connectivity index (χ2n) is 7.02. The highest BCUT2D eigenvalue weighted by Gasteiger charge is 2.54. The minimum absolute atomic E-state index is 0.0278. The molecule has 0 radical (unpaired) electrons. The summed E-state index contributed by atoms with van der Waals surface area (Å²) < 4.78 is 52.6. The van der Waals surface area contributed by atoms with Crippen LogP contribution in [0.25, 0.3) is 0 Å². The maximum atomic E-state index is 14.3. The topological polar surface area (TPSA) is 92.8 Å². The van der Waals surface area contributed by atoms with E-state index in [-0.39, 0.29) is 17.2 Å². The zero-order valence-corrected chi connectivity index (χ0v) is 15.3. The Balaban J connectivity index is 2.19. The Morgan fingerprint density at radius 2 is 1.96 bits per heavy atom. The van der Waals surface area contributed by atoms with E-state index in [1.807, 2.05) is 0 Å². The van der Waals surface area contributed by atoms with Gasteiger partial charge in [0, 0.05) is 5.56 Å². The van der Waals surface area contributed by atoms with Gasteiger partial charge in [0.15, 0.2) is 9.84 Å². The van der Waals surface area contributed by atoms with Crippen molar-refractivity contribution in [1.82, 2.24) is 0 Å². The molecule has 0 saturated heterocycles. The number of aliphatic imine (C=N–C) groups is 1. The highest BCUT2D eigenvalue weighted by molar-refractivity contribution is 7.94. The number of rotatable bonds is 2. The number of allylic oxidation sites excluding steroid dienone is 2. The Labute approximate surface area is 150 Å². The smallest absolute Gasteiger partial charge is 0.169 e. The lowest BCUT2D eigenvalue weighted by molar-refractivity contribution is 0.423. The van der Waals surface area contributed by atoms with E-state index in [1.165, 1.54) is 19.9 Å². The average molecular weight is 382 g/mol. The van der Waals surface area contributed by atoms with Crippen molar-refractivity contribution in [3.8, 4) is 0 Å². The summed E-state index contributed by atoms with van der Waals surface area (Å²) in [6, 6.07) is 2.84. The molecule has 0 saturated carbocycles. The summed E-state index contributed by atoms with van der Waals surface area (Å²) in [5, 5.41) is 9.75. The van der Waals surface area contributed by atoms with Crippen LogP contribution in [0.4, 0.5) is 8.78 Å². The molecule has 2 atom stereocenters. The molecule has 0 fully saturated rings. The van der Waals surface area contributed by atoms with Crippen LogP contribution in [0.5, 0.6) is 0 Å². The summed E-state index contributed by atoms with van der Waals surface area (Å²) in [5.41, 5.74) is 4.81. The summed E-state index contributed by atoms with van der Waals surface area (Å²) in [7, 11) is -3.93. The van der Waals surface area contributed by atoms with Gasteiger partial charge in [-0.05, 0) is 62.6 Å². The van der Waals surface area contributed by atoms with Gasteiger partial charge in [-0.15, -0.1) is 0 Å². The first-order valence-corrected chi connectivity index (χ1v) is 9.79. The zero-order chi connectivity index (χ0) is 19.3. The summed E-state index contributed by atoms with van der Waals surface area (Å²) >= 11 is 0. The summed E-state index contributed by atoms with van der Waals surface area (Å²) in [6.07, 6.45) is 3.85. The average Bonchev–Trinajstić information content (AvgIpc) is 2.54. The second kappa shape index (κ2) is 5.90. The van der Waals surface area contributed by atoms with Gasteiger partial charge in [0.1, 0.15) is 33.5 Å². The van der Waals surface area contributed by atoms with E-state index in [9.17, 15) is 22.3 Å². The summed E-state index contributed by atoms with van der Waals surface area (Å²) in [6.45, 7) is 2.86. The van der Waals surface area contributed by atoms with Crippen molar-refractivity contribution >= 4 is 15.7 Å². The molecule has 0 aromatic heterocycles. The Morgan fingerprint density at radius 3 is 2.58 bits per heavy atom. The molecule has 26 heavy (non-hydrogen) atoms. The number of hydrogen-bond acceptors (Lipinski definition) is 5. The molecule has 1 aliphatic heterocycles. The van der Waals surface area contributed by atoms with Gasteiger partial charge in [0.2, 0.25) is 0 Å². The molecule has 0 unspecified atom stereocenters. The zero-order valence-electron chi connectivity index (χ0n) is 14.5. The number of aliphatic hydroxyl groups is 1. The van der Waals surface area contributed by atoms with E-state index >= 15 is 0 Å². The van der Waals surface area contributed by atoms with Crippen LogP contribution in [0.3, 0.4) is 0 Å². The summed E-state index contributed by atoms with van der Waals surface area (Å²) in [4.78, 5) is 4.30. The largest absolute Gasteiger partial charge is 0.508 e. The first-order valence-electron chi connectivity index (χ1n) is 8.13. The van der Waals surface area contributed by atoms with Gasteiger partial charge in [0.05, 0.1) is 5.75 Å². The third-order valence-corrected chi connectivity index (χ3v) is 7.82. The Bertz CT molecular complexity index is 969. The molecule has 3 N–H and O–H groups in total. The normalized spacial score (nSPS) is 31.0. The van der Waals surface area contributed by atoms with Crippen LogP contribution in [-0.2, 0) is 15.4 Å². The third kappa shape index (κ3) is 2.72. The lowest BCUT2D eigenvalue weighted by Gasteiger charge is -2.41. The van der Waals surface area contributed by atoms with Crippen LogP contribution in [0.2, 0.25) is 0 Å². The highest BCUT2D eigenvalue weighted by Crippen LogP contribution is 2.43. The molecule has 0 amide bonds. The van der Waals surface area contributed by atoms with E-state index in [4.69, 9.17) is 5.73 Å². The number of aliphatic hydroxyl groups excluding tert-OH is 1. The quantitative estimate of drug-likeness (QED) is 0.823. The number of halogens is 2. The molecule has 1 aromatic carbocycles. The molecule has 2 aliphatic rings. The third-order valence-electron chi connectivity index (χ3n) is 5.16. The van der Waals surface area contributed by atoms with Gasteiger partial charge in [-0.3, -0.25) is 4.99 Å². The highest BCUT2D eigenvalue weighted by atomic mass is 32.2. The van der Waals surface area contributed by atoms with Crippen LogP contribution >= 0.6 is 0 Å². The van der Waals surface area contributed by atoms with Crippen molar-refractivity contribution in [2.45, 2.75) is 37.0 Å². The number of nitrogens with zero attached hydrogens (tertiary/aromatic N) is 1. The minimum atomic E-state index is -3.93. The second-order valence-corrected chi connectivity index (χ2v) is 9.36. The van der Waals surface area contributed by atoms with E-state index in [0.29, 0.717) is 18.4 Å². The number of nitrogens with two attached hydrogens (primary N) is 1. The van der Waals surface area contributed by atoms with Gasteiger partial charge >= 0.3 is 0 Å². The van der Waals surface area contributed by atoms with Crippen molar-refractivity contribution < 1.29 is 22.3 Å². The van der Waals surface area contributed by atoms with Crippen LogP contribution in [0.15, 0.2) is 46.7 Å². The van der Waals surface area contributed by atoms with Crippen molar-refractivity contribution in [3.63, 3.8) is 0 Å². The van der Waals surface area contributed by atoms with Crippen molar-refractivity contribution in [2.24, 2.45) is 10.7 Å². The number of amidine groups is 1. The minimum Gasteiger partial charge on any atom is -0.508 e. The molecular weight excluding hydrogens is 362 g/mol. The standard InChI is InChI=1S/C18H20F2N2O3S/c1-17(14-9-12(19)6-7-15(14)20)10-26(24,25)18(2,16(21)22-17)11-4-3-5-13(23)8-11/h5-9,23H,3-4,10H2,1-2H3,(H2,21,22)/t17-,18+/m0/s1. The monoisotopic (exact) mass is 382 g/mol. The van der Waals surface area contributed by atoms with Crippen molar-refractivity contribution in [3.05, 3.63) is 58.9 Å². The van der Waals surface area contributed by atoms with E-state index < -0.39 is 37.5 Å². The Kier molecular flexibility index (Phi) is 4.22. The van der Waals surface area contributed by atoms with Gasteiger partial charge in [-0.25, -0.2) is 17.2 Å². The van der Waals surface area contributed by atoms with E-state index in [0.717, 1.165) is 18.2 Å². The van der Waals surface area contributed by atoms with Crippen LogP contribution in [0, 0.1) is 11.6 Å². The van der Waals surface area contributed by atoms with E-state index in [1.54, 1.807) is 6.08 Å². The number of sulfone groups is 1. The molecule has 1 aliphatic carbocycles. The first-order chi connectivity index (χ1) is 12.0. The van der Waals surface area contributed by atoms with Crippen LogP contribution < -0.4 is 5.73 Å². The Hall–Kier alpha value is -2.22. The molecule has 3 rings (SSSR count). The Morgan fingerprint density at radius 1 is 1.27 bits per heavy atom. The van der Waals surface area contributed by atoms with Crippen LogP contribution in [-0.4, -0.2) is 29.9 Å². The fourth-order valence-corrected chi connectivity index (χ4v) is 5.73. The molecule has 1 aromatic rings. The lowest BCUT2D eigenvalue weighted by Crippen LogP contribution is -2.57. The van der Waals surface area contributed by atoms with Crippen LogP contribution in [0.1, 0.15) is 32.3 Å². The van der Waals surface area contributed by atoms with Gasteiger partial charge < -0.3 is 10.8 Å². The van der Waals surface area contributed by atoms with E-state index in [2.05, 4.69) is 4.99 Å². The first kappa shape index (κ1) is 18.6. The predicted molar refractivity (Wildman–Crippen MR) is 95.6 cm³/mol. The van der Waals surface area contributed by atoms with Gasteiger partial charge in [-0.2, -0.15) is 0 Å². The lowest BCUT2D eigenvalue weighted by atomic mass is 9.88. The molecule has 140 valence electrons. The molecule has 0 spiro atoms. The maximum absolute atomic E-state index is 14.3. The predicted octanol–water partition coefficient (Wildman–Crippen LogP) is 2.89. The molecule has 5 nitrogen and oxygen atoms in total. The fourth-order valence-electron chi connectivity index (χ4n) is 3.55. The number of hydrogen-bond donors (Lipinski definition) is 2. The van der Waals surface area contributed by atoms with Crippen molar-refractivity contribution in [1.29, 1.82) is 0 Å². The van der Waals surface area contributed by atoms with Gasteiger partial charge in [0.25, 0.3) is 0 Å². The molecule has 8 heteroatoms.